The van der Waals surface area contributed by atoms with Gasteiger partial charge >= 0.3 is 0 Å². The molecule has 0 aliphatic rings. The molecule has 31 heavy (non-hydrogen) atoms. The number of methoxy groups -OCH3 is 3. The summed E-state index contributed by atoms with van der Waals surface area (Å²) in [6, 6.07) is 13.6. The molecule has 0 saturated carbocycles. The van der Waals surface area contributed by atoms with Crippen LogP contribution < -0.4 is 19.5 Å². The molecule has 164 valence electrons. The fourth-order valence-electron chi connectivity index (χ4n) is 2.93. The van der Waals surface area contributed by atoms with Crippen molar-refractivity contribution < 1.29 is 23.4 Å². The van der Waals surface area contributed by atoms with E-state index >= 15 is 0 Å². The minimum Gasteiger partial charge on any atom is -0.493 e. The summed E-state index contributed by atoms with van der Waals surface area (Å²) in [5, 5.41) is 11.3. The Hall–Kier alpha value is -3.20. The van der Waals surface area contributed by atoms with Crippen molar-refractivity contribution in [1.82, 2.24) is 15.5 Å². The highest BCUT2D eigenvalue weighted by Crippen LogP contribution is 2.41. The second kappa shape index (κ2) is 11.3. The highest BCUT2D eigenvalue weighted by molar-refractivity contribution is 7.99. The van der Waals surface area contributed by atoms with Gasteiger partial charge in [-0.1, -0.05) is 42.1 Å². The summed E-state index contributed by atoms with van der Waals surface area (Å²) in [6.45, 7) is 0.620. The van der Waals surface area contributed by atoms with Gasteiger partial charge in [0.25, 0.3) is 5.22 Å². The minimum absolute atomic E-state index is 0.0782. The Kier molecular flexibility index (Phi) is 8.17. The van der Waals surface area contributed by atoms with E-state index in [9.17, 15) is 4.79 Å². The molecule has 9 heteroatoms. The molecule has 1 heterocycles. The Labute approximate surface area is 185 Å². The van der Waals surface area contributed by atoms with Gasteiger partial charge < -0.3 is 23.9 Å². The van der Waals surface area contributed by atoms with Crippen LogP contribution in [0.1, 0.15) is 12.0 Å². The van der Waals surface area contributed by atoms with Crippen LogP contribution in [0.15, 0.2) is 52.1 Å². The number of nitrogens with one attached hydrogen (secondary N) is 1. The average Bonchev–Trinajstić information content (AvgIpc) is 3.29. The lowest BCUT2D eigenvalue weighted by atomic mass is 10.1. The van der Waals surface area contributed by atoms with Gasteiger partial charge in [-0.15, -0.1) is 10.2 Å². The third-order valence-corrected chi connectivity index (χ3v) is 5.27. The van der Waals surface area contributed by atoms with Crippen LogP contribution in [0.4, 0.5) is 0 Å². The van der Waals surface area contributed by atoms with Gasteiger partial charge in [-0.05, 0) is 30.5 Å². The van der Waals surface area contributed by atoms with Crippen molar-refractivity contribution in [2.75, 3.05) is 33.6 Å². The number of hydrogen-bond acceptors (Lipinski definition) is 8. The highest BCUT2D eigenvalue weighted by Gasteiger charge is 2.18. The van der Waals surface area contributed by atoms with E-state index < -0.39 is 0 Å². The maximum Gasteiger partial charge on any atom is 0.277 e. The summed E-state index contributed by atoms with van der Waals surface area (Å²) >= 11 is 1.19. The van der Waals surface area contributed by atoms with Gasteiger partial charge in [0.2, 0.25) is 17.5 Å². The lowest BCUT2D eigenvalue weighted by molar-refractivity contribution is -0.118. The monoisotopic (exact) mass is 443 g/mol. The SMILES string of the molecule is COc1cc(-c2nnc(SCC(=O)NCCCc3ccccc3)o2)cc(OC)c1OC. The molecule has 0 aliphatic carbocycles. The molecule has 0 bridgehead atoms. The van der Waals surface area contributed by atoms with E-state index in [2.05, 4.69) is 27.6 Å². The number of aromatic nitrogens is 2. The lowest BCUT2D eigenvalue weighted by Crippen LogP contribution is -2.26. The van der Waals surface area contributed by atoms with Gasteiger partial charge in [-0.2, -0.15) is 0 Å². The van der Waals surface area contributed by atoms with Crippen LogP contribution in [0, 0.1) is 0 Å². The van der Waals surface area contributed by atoms with E-state index in [4.69, 9.17) is 18.6 Å². The lowest BCUT2D eigenvalue weighted by Gasteiger charge is -2.12. The van der Waals surface area contributed by atoms with E-state index in [1.54, 1.807) is 12.1 Å². The minimum atomic E-state index is -0.0782. The van der Waals surface area contributed by atoms with Gasteiger partial charge in [0.1, 0.15) is 0 Å². The Morgan fingerprint density at radius 1 is 1.03 bits per heavy atom. The van der Waals surface area contributed by atoms with Gasteiger partial charge in [-0.25, -0.2) is 0 Å². The number of hydrogen-bond donors (Lipinski definition) is 1. The summed E-state index contributed by atoms with van der Waals surface area (Å²) in [6.07, 6.45) is 1.81. The number of carbonyl (C=O) groups excluding carboxylic acids is 1. The van der Waals surface area contributed by atoms with Gasteiger partial charge in [-0.3, -0.25) is 4.79 Å². The molecule has 0 spiro atoms. The van der Waals surface area contributed by atoms with Crippen LogP contribution in [-0.2, 0) is 11.2 Å². The van der Waals surface area contributed by atoms with Crippen molar-refractivity contribution in [3.8, 4) is 28.7 Å². The molecule has 0 radical (unpaired) electrons. The molecule has 1 aromatic heterocycles. The molecule has 8 nitrogen and oxygen atoms in total. The first-order valence-corrected chi connectivity index (χ1v) is 10.7. The van der Waals surface area contributed by atoms with E-state index in [-0.39, 0.29) is 11.7 Å². The van der Waals surface area contributed by atoms with Crippen molar-refractivity contribution in [1.29, 1.82) is 0 Å². The first kappa shape index (κ1) is 22.5. The Balaban J connectivity index is 1.51. The number of nitrogens with zero attached hydrogens (tertiary/aromatic N) is 2. The molecule has 0 aliphatic heterocycles. The first-order chi connectivity index (χ1) is 15.1. The second-order valence-corrected chi connectivity index (χ2v) is 7.44. The number of thioether (sulfide) groups is 1. The summed E-state index contributed by atoms with van der Waals surface area (Å²) in [5.41, 5.74) is 1.88. The van der Waals surface area contributed by atoms with Crippen molar-refractivity contribution in [3.63, 3.8) is 0 Å². The maximum absolute atomic E-state index is 12.1. The Morgan fingerprint density at radius 2 is 1.74 bits per heavy atom. The van der Waals surface area contributed by atoms with Crippen LogP contribution in [-0.4, -0.2) is 49.7 Å². The zero-order chi connectivity index (χ0) is 22.1. The quantitative estimate of drug-likeness (QED) is 0.355. The average molecular weight is 444 g/mol. The summed E-state index contributed by atoms with van der Waals surface area (Å²) in [4.78, 5) is 12.1. The fraction of sp³-hybridized carbons (Fsp3) is 0.318. The third kappa shape index (κ3) is 6.14. The number of benzene rings is 2. The highest BCUT2D eigenvalue weighted by atomic mass is 32.2. The first-order valence-electron chi connectivity index (χ1n) is 9.72. The third-order valence-electron chi connectivity index (χ3n) is 4.45. The zero-order valence-electron chi connectivity index (χ0n) is 17.7. The molecule has 1 N–H and O–H groups in total. The van der Waals surface area contributed by atoms with Crippen molar-refractivity contribution in [2.24, 2.45) is 0 Å². The van der Waals surface area contributed by atoms with E-state index in [1.165, 1.54) is 38.7 Å². The molecule has 3 rings (SSSR count). The number of rotatable bonds is 11. The number of amides is 1. The summed E-state index contributed by atoms with van der Waals surface area (Å²) < 4.78 is 21.7. The second-order valence-electron chi connectivity index (χ2n) is 6.51. The summed E-state index contributed by atoms with van der Waals surface area (Å²) in [7, 11) is 4.61. The normalized spacial score (nSPS) is 10.5. The predicted octanol–water partition coefficient (Wildman–Crippen LogP) is 3.60. The van der Waals surface area contributed by atoms with Crippen LogP contribution in [0.3, 0.4) is 0 Å². The zero-order valence-corrected chi connectivity index (χ0v) is 18.5. The molecule has 0 unspecified atom stereocenters. The van der Waals surface area contributed by atoms with Crippen LogP contribution >= 0.6 is 11.8 Å². The predicted molar refractivity (Wildman–Crippen MR) is 118 cm³/mol. The molecule has 2 aromatic carbocycles. The molecule has 1 amide bonds. The van der Waals surface area contributed by atoms with E-state index in [0.29, 0.717) is 40.5 Å². The van der Waals surface area contributed by atoms with E-state index in [1.807, 2.05) is 18.2 Å². The molecular weight excluding hydrogens is 418 g/mol. The largest absolute Gasteiger partial charge is 0.493 e. The van der Waals surface area contributed by atoms with Gasteiger partial charge in [0.15, 0.2) is 11.5 Å². The Morgan fingerprint density at radius 3 is 2.39 bits per heavy atom. The van der Waals surface area contributed by atoms with Crippen molar-refractivity contribution in [2.45, 2.75) is 18.1 Å². The number of aryl methyl sites for hydroxylation is 1. The molecule has 0 fully saturated rings. The molecule has 3 aromatic rings. The standard InChI is InChI=1S/C22H25N3O5S/c1-27-17-12-16(13-18(28-2)20(17)29-3)21-24-25-22(30-21)31-14-19(26)23-11-7-10-15-8-5-4-6-9-15/h4-6,8-9,12-13H,7,10-11,14H2,1-3H3,(H,23,26). The van der Waals surface area contributed by atoms with Gasteiger partial charge in [0, 0.05) is 12.1 Å². The fourth-order valence-corrected chi connectivity index (χ4v) is 3.53. The van der Waals surface area contributed by atoms with E-state index in [0.717, 1.165) is 12.8 Å². The topological polar surface area (TPSA) is 95.7 Å². The number of carbonyl (C=O) groups is 1. The van der Waals surface area contributed by atoms with Crippen LogP contribution in [0.25, 0.3) is 11.5 Å². The van der Waals surface area contributed by atoms with Crippen LogP contribution in [0.2, 0.25) is 0 Å². The molecular formula is C22H25N3O5S. The smallest absolute Gasteiger partial charge is 0.277 e. The van der Waals surface area contributed by atoms with Crippen molar-refractivity contribution in [3.05, 3.63) is 48.0 Å². The molecule has 0 atom stereocenters. The van der Waals surface area contributed by atoms with Crippen LogP contribution in [0.5, 0.6) is 17.2 Å². The Bertz CT molecular complexity index is 969. The van der Waals surface area contributed by atoms with Gasteiger partial charge in [0.05, 0.1) is 27.1 Å². The summed E-state index contributed by atoms with van der Waals surface area (Å²) in [5.74, 6) is 1.86. The van der Waals surface area contributed by atoms with Crippen molar-refractivity contribution >= 4 is 17.7 Å². The number of ether oxygens (including phenoxy) is 3. The maximum atomic E-state index is 12.1. The molecule has 0 saturated heterocycles.